The first-order valence-electron chi connectivity index (χ1n) is 10.3. The summed E-state index contributed by atoms with van der Waals surface area (Å²) in [5, 5.41) is 43.6. The molecular formula is C18H32N6O7. The average Bonchev–Trinajstić information content (AvgIpc) is 3.04. The molecule has 5 atom stereocenters. The van der Waals surface area contributed by atoms with Crippen molar-refractivity contribution in [2.75, 3.05) is 19.7 Å². The van der Waals surface area contributed by atoms with Gasteiger partial charge in [0, 0.05) is 19.5 Å². The van der Waals surface area contributed by atoms with Crippen LogP contribution >= 0.6 is 0 Å². The molecule has 0 aromatic heterocycles. The van der Waals surface area contributed by atoms with Gasteiger partial charge >= 0.3 is 11.9 Å². The molecular weight excluding hydrogens is 412 g/mol. The Bertz CT molecular complexity index is 703. The molecule has 176 valence electrons. The molecule has 0 aromatic carbocycles. The Hall–Kier alpha value is -2.32. The second-order valence-electron chi connectivity index (χ2n) is 7.71. The van der Waals surface area contributed by atoms with Crippen molar-refractivity contribution in [3.63, 3.8) is 0 Å². The van der Waals surface area contributed by atoms with Crippen LogP contribution in [0.15, 0.2) is 9.98 Å². The largest absolute Gasteiger partial charge is 0.480 e. The summed E-state index contributed by atoms with van der Waals surface area (Å²) in [5.74, 6) is -1.34. The minimum Gasteiger partial charge on any atom is -0.480 e. The van der Waals surface area contributed by atoms with Gasteiger partial charge in [0.05, 0.1) is 12.7 Å². The van der Waals surface area contributed by atoms with E-state index in [1.165, 1.54) is 0 Å². The Morgan fingerprint density at radius 3 is 2.26 bits per heavy atom. The van der Waals surface area contributed by atoms with Crippen LogP contribution in [0.3, 0.4) is 0 Å². The van der Waals surface area contributed by atoms with E-state index in [9.17, 15) is 19.8 Å². The number of aliphatic carboxylic acids is 2. The fraction of sp³-hybridized carbons (Fsp3) is 0.778. The van der Waals surface area contributed by atoms with Gasteiger partial charge in [-0.3, -0.25) is 19.6 Å². The summed E-state index contributed by atoms with van der Waals surface area (Å²) in [7, 11) is 0. The van der Waals surface area contributed by atoms with E-state index in [1.807, 2.05) is 0 Å². The third kappa shape index (κ3) is 7.11. The lowest BCUT2D eigenvalue weighted by molar-refractivity contribution is -0.147. The van der Waals surface area contributed by atoms with Crippen LogP contribution in [-0.4, -0.2) is 93.9 Å². The summed E-state index contributed by atoms with van der Waals surface area (Å²) in [5.41, 5.74) is 9.80. The first-order valence-corrected chi connectivity index (χ1v) is 10.3. The third-order valence-corrected chi connectivity index (χ3v) is 5.15. The van der Waals surface area contributed by atoms with E-state index < -0.39 is 42.0 Å². The second-order valence-corrected chi connectivity index (χ2v) is 7.71. The maximum absolute atomic E-state index is 10.8. The maximum atomic E-state index is 10.8. The van der Waals surface area contributed by atoms with Crippen LogP contribution in [-0.2, 0) is 14.3 Å². The van der Waals surface area contributed by atoms with E-state index in [1.54, 1.807) is 0 Å². The van der Waals surface area contributed by atoms with Crippen LogP contribution in [0.1, 0.15) is 38.5 Å². The van der Waals surface area contributed by atoms with E-state index in [0.29, 0.717) is 50.6 Å². The van der Waals surface area contributed by atoms with Gasteiger partial charge in [0.15, 0.2) is 11.8 Å². The van der Waals surface area contributed by atoms with Crippen LogP contribution < -0.4 is 22.1 Å². The van der Waals surface area contributed by atoms with Crippen molar-refractivity contribution < 1.29 is 34.8 Å². The summed E-state index contributed by atoms with van der Waals surface area (Å²) < 4.78 is 5.76. The Morgan fingerprint density at radius 2 is 1.65 bits per heavy atom. The van der Waals surface area contributed by atoms with Crippen LogP contribution in [0.2, 0.25) is 0 Å². The summed E-state index contributed by atoms with van der Waals surface area (Å²) in [6, 6.07) is -1.85. The van der Waals surface area contributed by atoms with E-state index in [2.05, 4.69) is 20.6 Å². The van der Waals surface area contributed by atoms with Gasteiger partial charge in [-0.2, -0.15) is 0 Å². The number of aliphatic imine (C=N–C) groups is 2. The van der Waals surface area contributed by atoms with Crippen molar-refractivity contribution in [3.8, 4) is 0 Å². The Kier molecular flexibility index (Phi) is 9.13. The number of nitrogens with zero attached hydrogens (tertiary/aromatic N) is 2. The van der Waals surface area contributed by atoms with Crippen molar-refractivity contribution in [1.82, 2.24) is 10.6 Å². The number of amidine groups is 1. The highest BCUT2D eigenvalue weighted by Crippen LogP contribution is 2.27. The lowest BCUT2D eigenvalue weighted by Crippen LogP contribution is -2.58. The second kappa shape index (κ2) is 11.3. The van der Waals surface area contributed by atoms with E-state index >= 15 is 0 Å². The molecule has 2 aliphatic rings. The van der Waals surface area contributed by atoms with E-state index in [4.69, 9.17) is 26.4 Å². The SMILES string of the molecule is N[C@@H](CCCCN=C1NC(=NCCC[C@H](N)C(=O)O)NC12C[C@H](O)[C@H](O)CO2)C(=O)O. The average molecular weight is 444 g/mol. The Balaban J connectivity index is 1.97. The number of nitrogens with two attached hydrogens (primary N) is 2. The molecule has 0 radical (unpaired) electrons. The normalized spacial score (nSPS) is 30.2. The summed E-state index contributed by atoms with van der Waals surface area (Å²) >= 11 is 0. The molecule has 0 aromatic rings. The Morgan fingerprint density at radius 1 is 1.03 bits per heavy atom. The standard InChI is InChI=1S/C18H32N6O7/c19-10(14(27)28)4-1-2-6-21-16-18(8-12(25)13(26)9-31-18)24-17(23-16)22-7-3-5-11(20)15(29)30/h10-13,25-26H,1-9,19-20H2,(H,27,28)(H,29,30)(H2,21,22,23,24)/t10-,11-,12-,13+,18?/m0/s1. The monoisotopic (exact) mass is 444 g/mol. The number of unbranched alkanes of at least 4 members (excludes halogenated alkanes) is 1. The molecule has 13 heteroatoms. The maximum Gasteiger partial charge on any atom is 0.320 e. The quantitative estimate of drug-likeness (QED) is 0.156. The first kappa shape index (κ1) is 24.9. The molecule has 1 unspecified atom stereocenters. The summed E-state index contributed by atoms with van der Waals surface area (Å²) in [6.07, 6.45) is 0.282. The van der Waals surface area contributed by atoms with Crippen LogP contribution in [0.5, 0.6) is 0 Å². The van der Waals surface area contributed by atoms with Crippen molar-refractivity contribution >= 4 is 23.7 Å². The van der Waals surface area contributed by atoms with Gasteiger partial charge in [-0.15, -0.1) is 0 Å². The van der Waals surface area contributed by atoms with Gasteiger partial charge in [0.1, 0.15) is 18.2 Å². The van der Waals surface area contributed by atoms with Gasteiger partial charge in [-0.05, 0) is 32.1 Å². The van der Waals surface area contributed by atoms with E-state index in [-0.39, 0.29) is 19.4 Å². The highest BCUT2D eigenvalue weighted by atomic mass is 16.5. The van der Waals surface area contributed by atoms with Crippen LogP contribution in [0.4, 0.5) is 0 Å². The van der Waals surface area contributed by atoms with Gasteiger partial charge in [0.2, 0.25) is 5.72 Å². The number of ether oxygens (including phenoxy) is 1. The fourth-order valence-electron chi connectivity index (χ4n) is 3.24. The zero-order valence-corrected chi connectivity index (χ0v) is 17.2. The molecule has 1 spiro atoms. The molecule has 13 nitrogen and oxygen atoms in total. The number of nitrogens with one attached hydrogen (secondary N) is 2. The van der Waals surface area contributed by atoms with Crippen molar-refractivity contribution in [1.29, 1.82) is 0 Å². The summed E-state index contributed by atoms with van der Waals surface area (Å²) in [4.78, 5) is 30.4. The Labute approximate surface area is 179 Å². The number of carboxylic acids is 2. The van der Waals surface area contributed by atoms with Gasteiger partial charge in [-0.1, -0.05) is 0 Å². The smallest absolute Gasteiger partial charge is 0.320 e. The minimum absolute atomic E-state index is 0.0484. The highest BCUT2D eigenvalue weighted by Gasteiger charge is 2.50. The molecule has 0 amide bonds. The van der Waals surface area contributed by atoms with Crippen molar-refractivity contribution in [2.24, 2.45) is 21.5 Å². The van der Waals surface area contributed by atoms with Crippen molar-refractivity contribution in [3.05, 3.63) is 0 Å². The number of guanidine groups is 1. The number of aliphatic hydroxyl groups excluding tert-OH is 2. The third-order valence-electron chi connectivity index (χ3n) is 5.15. The van der Waals surface area contributed by atoms with E-state index in [0.717, 1.165) is 0 Å². The van der Waals surface area contributed by atoms with Crippen LogP contribution in [0.25, 0.3) is 0 Å². The predicted molar refractivity (Wildman–Crippen MR) is 110 cm³/mol. The van der Waals surface area contributed by atoms with Gasteiger partial charge in [0.25, 0.3) is 0 Å². The molecule has 31 heavy (non-hydrogen) atoms. The number of aliphatic hydroxyl groups is 2. The summed E-state index contributed by atoms with van der Waals surface area (Å²) in [6.45, 7) is 0.599. The molecule has 2 aliphatic heterocycles. The molecule has 2 rings (SSSR count). The van der Waals surface area contributed by atoms with Crippen LogP contribution in [0, 0.1) is 0 Å². The number of rotatable bonds is 11. The molecule has 0 bridgehead atoms. The van der Waals surface area contributed by atoms with Crippen molar-refractivity contribution in [2.45, 2.75) is 68.5 Å². The predicted octanol–water partition coefficient (Wildman–Crippen LogP) is -2.45. The lowest BCUT2D eigenvalue weighted by atomic mass is 9.98. The number of carbonyl (C=O) groups is 2. The topological polar surface area (TPSA) is 225 Å². The fourth-order valence-corrected chi connectivity index (χ4v) is 3.24. The minimum atomic E-state index is -1.16. The highest BCUT2D eigenvalue weighted by molar-refractivity contribution is 6.11. The van der Waals surface area contributed by atoms with Gasteiger partial charge in [-0.25, -0.2) is 0 Å². The zero-order valence-electron chi connectivity index (χ0n) is 17.2. The molecule has 10 N–H and O–H groups in total. The molecule has 2 heterocycles. The first-order chi connectivity index (χ1) is 14.6. The van der Waals surface area contributed by atoms with Gasteiger partial charge < -0.3 is 47.3 Å². The molecule has 2 saturated heterocycles. The molecule has 0 saturated carbocycles. The number of carboxylic acid groups (broad SMARTS) is 2. The molecule has 0 aliphatic carbocycles. The number of hydrogen-bond donors (Lipinski definition) is 8. The zero-order chi connectivity index (χ0) is 23.0. The number of hydrogen-bond acceptors (Lipinski definition) is 9. The lowest BCUT2D eigenvalue weighted by Gasteiger charge is -2.37. The molecule has 2 fully saturated rings.